The Morgan fingerprint density at radius 3 is 2.68 bits per heavy atom. The number of carbonyl (C=O) groups is 1. The lowest BCUT2D eigenvalue weighted by Gasteiger charge is -2.35. The monoisotopic (exact) mass is 295 g/mol. The smallest absolute Gasteiger partial charge is 0.422 e. The van der Waals surface area contributed by atoms with Gasteiger partial charge in [0.15, 0.2) is 0 Å². The molecule has 1 amide bonds. The van der Waals surface area contributed by atoms with Crippen molar-refractivity contribution in [2.75, 3.05) is 19.6 Å². The van der Waals surface area contributed by atoms with Crippen LogP contribution in [0.15, 0.2) is 0 Å². The van der Waals surface area contributed by atoms with Crippen LogP contribution in [0.5, 0.6) is 0 Å². The van der Waals surface area contributed by atoms with E-state index >= 15 is 0 Å². The Bertz CT molecular complexity index is 411. The van der Waals surface area contributed by atoms with Crippen molar-refractivity contribution < 1.29 is 22.7 Å². The van der Waals surface area contributed by atoms with Gasteiger partial charge in [-0.25, -0.2) is 9.52 Å². The molecule has 0 saturated carbocycles. The van der Waals surface area contributed by atoms with Crippen LogP contribution in [0.2, 0.25) is 0 Å². The van der Waals surface area contributed by atoms with E-state index in [0.29, 0.717) is 0 Å². The quantitative estimate of drug-likeness (QED) is 0.717. The van der Waals surface area contributed by atoms with Crippen molar-refractivity contribution >= 4 is 16.3 Å². The summed E-state index contributed by atoms with van der Waals surface area (Å²) >= 11 is 0. The molecule has 9 heteroatoms. The van der Waals surface area contributed by atoms with Crippen LogP contribution in [0, 0.1) is 0 Å². The minimum absolute atomic E-state index is 0.116. The number of amides is 1. The van der Waals surface area contributed by atoms with Crippen molar-refractivity contribution in [1.82, 2.24) is 9.03 Å². The number of nitrogens with two attached hydrogens (primary N) is 1. The van der Waals surface area contributed by atoms with Crippen molar-refractivity contribution in [2.45, 2.75) is 39.1 Å². The first-order valence-corrected chi connectivity index (χ1v) is 7.52. The summed E-state index contributed by atoms with van der Waals surface area (Å²) < 4.78 is 37.2. The van der Waals surface area contributed by atoms with Crippen LogP contribution in [0.25, 0.3) is 0 Å². The van der Waals surface area contributed by atoms with Gasteiger partial charge in [0.1, 0.15) is 0 Å². The van der Waals surface area contributed by atoms with Crippen LogP contribution in [-0.2, 0) is 19.7 Å². The normalized spacial score (nSPS) is 25.3. The predicted octanol–water partition coefficient (Wildman–Crippen LogP) is -0.586. The molecule has 2 unspecified atom stereocenters. The molecule has 0 radical (unpaired) electrons. The van der Waals surface area contributed by atoms with Gasteiger partial charge in [-0.05, 0) is 20.8 Å². The Balaban J connectivity index is 2.68. The van der Waals surface area contributed by atoms with Gasteiger partial charge in [-0.2, -0.15) is 12.7 Å². The van der Waals surface area contributed by atoms with Gasteiger partial charge in [0.25, 0.3) is 0 Å². The van der Waals surface area contributed by atoms with Gasteiger partial charge in [0.05, 0.1) is 18.3 Å². The first-order valence-electron chi connectivity index (χ1n) is 6.08. The zero-order valence-corrected chi connectivity index (χ0v) is 12.1. The van der Waals surface area contributed by atoms with Gasteiger partial charge in [0.2, 0.25) is 0 Å². The van der Waals surface area contributed by atoms with Crippen LogP contribution in [0.1, 0.15) is 20.8 Å². The van der Waals surface area contributed by atoms with E-state index in [1.165, 1.54) is 0 Å². The Morgan fingerprint density at radius 2 is 2.16 bits per heavy atom. The molecule has 1 heterocycles. The van der Waals surface area contributed by atoms with Gasteiger partial charge in [-0.1, -0.05) is 0 Å². The van der Waals surface area contributed by atoms with Crippen LogP contribution >= 0.6 is 0 Å². The van der Waals surface area contributed by atoms with Crippen molar-refractivity contribution in [3.8, 4) is 0 Å². The third kappa shape index (κ3) is 4.94. The van der Waals surface area contributed by atoms with Gasteiger partial charge >= 0.3 is 16.3 Å². The topological polar surface area (TPSA) is 111 Å². The molecular weight excluding hydrogens is 274 g/mol. The maximum absolute atomic E-state index is 12.0. The molecular formula is C10H21N3O5S. The molecule has 1 aliphatic rings. The molecule has 0 spiro atoms. The highest BCUT2D eigenvalue weighted by Crippen LogP contribution is 2.13. The lowest BCUT2D eigenvalue weighted by atomic mass is 10.2. The second-order valence-corrected chi connectivity index (χ2v) is 6.35. The fourth-order valence-corrected chi connectivity index (χ4v) is 2.89. The summed E-state index contributed by atoms with van der Waals surface area (Å²) in [5.41, 5.74) is 5.48. The number of nitrogens with zero attached hydrogens (tertiary/aromatic N) is 1. The average molecular weight is 295 g/mol. The fraction of sp³-hybridized carbons (Fsp3) is 0.900. The average Bonchev–Trinajstić information content (AvgIpc) is 2.26. The molecule has 0 aromatic rings. The molecule has 19 heavy (non-hydrogen) atoms. The molecule has 2 atom stereocenters. The van der Waals surface area contributed by atoms with Gasteiger partial charge in [-0.3, -0.25) is 0 Å². The zero-order chi connectivity index (χ0) is 14.6. The van der Waals surface area contributed by atoms with E-state index in [9.17, 15) is 13.2 Å². The number of carbonyl (C=O) groups excluding carboxylic acids is 1. The van der Waals surface area contributed by atoms with Crippen molar-refractivity contribution in [3.63, 3.8) is 0 Å². The zero-order valence-electron chi connectivity index (χ0n) is 11.3. The predicted molar refractivity (Wildman–Crippen MR) is 68.6 cm³/mol. The third-order valence-corrected chi connectivity index (χ3v) is 3.85. The number of ether oxygens (including phenoxy) is 2. The molecule has 0 bridgehead atoms. The Labute approximate surface area is 113 Å². The summed E-state index contributed by atoms with van der Waals surface area (Å²) in [4.78, 5) is 11.3. The summed E-state index contributed by atoms with van der Waals surface area (Å²) in [5.74, 6) is 0. The fourth-order valence-electron chi connectivity index (χ4n) is 1.74. The number of hydrogen-bond acceptors (Lipinski definition) is 6. The van der Waals surface area contributed by atoms with Crippen molar-refractivity contribution in [1.29, 1.82) is 0 Å². The Kier molecular flexibility index (Phi) is 5.53. The molecule has 0 aliphatic carbocycles. The van der Waals surface area contributed by atoms with Crippen LogP contribution < -0.4 is 10.5 Å². The number of nitrogens with one attached hydrogen (secondary N) is 1. The van der Waals surface area contributed by atoms with E-state index in [-0.39, 0.29) is 31.8 Å². The molecule has 1 aliphatic heterocycles. The largest absolute Gasteiger partial charge is 0.446 e. The SMILES string of the molecule is CC(C)OC(=O)NS(=O)(=O)N1CC(C)OC(CN)C1. The number of morpholine rings is 1. The molecule has 1 saturated heterocycles. The molecule has 1 rings (SSSR count). The third-order valence-electron chi connectivity index (χ3n) is 2.45. The highest BCUT2D eigenvalue weighted by molar-refractivity contribution is 7.87. The summed E-state index contributed by atoms with van der Waals surface area (Å²) in [6, 6.07) is 0. The summed E-state index contributed by atoms with van der Waals surface area (Å²) in [6.07, 6.45) is -2.03. The van der Waals surface area contributed by atoms with E-state index < -0.39 is 22.4 Å². The van der Waals surface area contributed by atoms with Crippen molar-refractivity contribution in [3.05, 3.63) is 0 Å². The maximum atomic E-state index is 12.0. The van der Waals surface area contributed by atoms with Crippen LogP contribution in [0.4, 0.5) is 4.79 Å². The van der Waals surface area contributed by atoms with E-state index in [1.807, 2.05) is 4.72 Å². The number of rotatable bonds is 4. The second kappa shape index (κ2) is 6.51. The summed E-state index contributed by atoms with van der Waals surface area (Å²) in [5, 5.41) is 0. The lowest BCUT2D eigenvalue weighted by molar-refractivity contribution is -0.0489. The molecule has 0 aromatic carbocycles. The minimum Gasteiger partial charge on any atom is -0.446 e. The minimum atomic E-state index is -3.93. The molecule has 112 valence electrons. The Morgan fingerprint density at radius 1 is 1.53 bits per heavy atom. The molecule has 3 N–H and O–H groups in total. The second-order valence-electron chi connectivity index (χ2n) is 4.68. The summed E-state index contributed by atoms with van der Waals surface area (Å²) in [7, 11) is -3.93. The van der Waals surface area contributed by atoms with Crippen molar-refractivity contribution in [2.24, 2.45) is 5.73 Å². The van der Waals surface area contributed by atoms with E-state index in [0.717, 1.165) is 4.31 Å². The van der Waals surface area contributed by atoms with E-state index in [2.05, 4.69) is 0 Å². The van der Waals surface area contributed by atoms with Crippen LogP contribution in [0.3, 0.4) is 0 Å². The highest BCUT2D eigenvalue weighted by Gasteiger charge is 2.33. The standard InChI is InChI=1S/C10H21N3O5S/c1-7(2)17-10(14)12-19(15,16)13-5-8(3)18-9(4-11)6-13/h7-9H,4-6,11H2,1-3H3,(H,12,14). The molecule has 0 aromatic heterocycles. The maximum Gasteiger partial charge on any atom is 0.422 e. The van der Waals surface area contributed by atoms with Crippen LogP contribution in [-0.4, -0.2) is 56.8 Å². The van der Waals surface area contributed by atoms with E-state index in [4.69, 9.17) is 15.2 Å². The van der Waals surface area contributed by atoms with Gasteiger partial charge in [-0.15, -0.1) is 0 Å². The lowest BCUT2D eigenvalue weighted by Crippen LogP contribution is -2.55. The first kappa shape index (κ1) is 16.2. The summed E-state index contributed by atoms with van der Waals surface area (Å²) in [6.45, 7) is 5.51. The van der Waals surface area contributed by atoms with Gasteiger partial charge in [0, 0.05) is 19.6 Å². The first-order chi connectivity index (χ1) is 8.74. The number of hydrogen-bond donors (Lipinski definition) is 2. The molecule has 8 nitrogen and oxygen atoms in total. The van der Waals surface area contributed by atoms with Gasteiger partial charge < -0.3 is 15.2 Å². The molecule has 1 fully saturated rings. The Hall–Kier alpha value is -0.900. The van der Waals surface area contributed by atoms with E-state index in [1.54, 1.807) is 20.8 Å². The highest BCUT2D eigenvalue weighted by atomic mass is 32.2.